The van der Waals surface area contributed by atoms with Crippen molar-refractivity contribution in [3.05, 3.63) is 45.4 Å². The van der Waals surface area contributed by atoms with Crippen molar-refractivity contribution in [1.82, 2.24) is 0 Å². The van der Waals surface area contributed by atoms with Crippen molar-refractivity contribution in [2.24, 2.45) is 0 Å². The Morgan fingerprint density at radius 3 is 2.50 bits per heavy atom. The minimum absolute atomic E-state index is 0.500. The lowest BCUT2D eigenvalue weighted by Gasteiger charge is -1.96. The zero-order valence-corrected chi connectivity index (χ0v) is 10.2. The summed E-state index contributed by atoms with van der Waals surface area (Å²) in [6.07, 6.45) is 0. The summed E-state index contributed by atoms with van der Waals surface area (Å²) in [4.78, 5) is 0. The normalized spacial score (nSPS) is 11.4. The van der Waals surface area contributed by atoms with Crippen molar-refractivity contribution >= 4 is 56.7 Å². The highest BCUT2D eigenvalue weighted by Crippen LogP contribution is 2.39. The minimum Gasteiger partial charge on any atom is -0.454 e. The van der Waals surface area contributed by atoms with Gasteiger partial charge in [-0.15, -0.1) is 0 Å². The van der Waals surface area contributed by atoms with Gasteiger partial charge in [-0.05, 0) is 18.2 Å². The fourth-order valence-electron chi connectivity index (χ4n) is 1.79. The maximum absolute atomic E-state index is 6.16. The largest absolute Gasteiger partial charge is 0.454 e. The van der Waals surface area contributed by atoms with Gasteiger partial charge < -0.3 is 4.42 Å². The summed E-state index contributed by atoms with van der Waals surface area (Å²) in [5.74, 6) is 0. The number of furan rings is 1. The van der Waals surface area contributed by atoms with E-state index in [0.29, 0.717) is 26.2 Å². The molecule has 2 aromatic carbocycles. The molecule has 4 heteroatoms. The molecule has 1 heterocycles. The van der Waals surface area contributed by atoms with Crippen molar-refractivity contribution in [2.45, 2.75) is 0 Å². The Balaban J connectivity index is 2.63. The van der Waals surface area contributed by atoms with Crippen LogP contribution in [0.5, 0.6) is 0 Å². The molecule has 0 bridgehead atoms. The van der Waals surface area contributed by atoms with Crippen LogP contribution in [0.25, 0.3) is 21.9 Å². The number of hydrogen-bond acceptors (Lipinski definition) is 1. The molecular formula is C12H5Cl3O. The lowest BCUT2D eigenvalue weighted by Crippen LogP contribution is -1.71. The lowest BCUT2D eigenvalue weighted by molar-refractivity contribution is 0.669. The second kappa shape index (κ2) is 3.56. The quantitative estimate of drug-likeness (QED) is 0.523. The molecule has 0 fully saturated rings. The van der Waals surface area contributed by atoms with Crippen LogP contribution in [0.3, 0.4) is 0 Å². The number of rotatable bonds is 0. The van der Waals surface area contributed by atoms with Gasteiger partial charge in [0.1, 0.15) is 5.58 Å². The Morgan fingerprint density at radius 1 is 0.875 bits per heavy atom. The van der Waals surface area contributed by atoms with Crippen LogP contribution in [0.1, 0.15) is 0 Å². The predicted octanol–water partition coefficient (Wildman–Crippen LogP) is 5.55. The van der Waals surface area contributed by atoms with Gasteiger partial charge in [-0.25, -0.2) is 0 Å². The number of benzene rings is 2. The third-order valence-electron chi connectivity index (χ3n) is 2.50. The van der Waals surface area contributed by atoms with Gasteiger partial charge in [0, 0.05) is 10.8 Å². The molecule has 0 aliphatic carbocycles. The first-order valence-electron chi connectivity index (χ1n) is 4.63. The van der Waals surface area contributed by atoms with E-state index in [2.05, 4.69) is 0 Å². The van der Waals surface area contributed by atoms with Crippen molar-refractivity contribution < 1.29 is 4.42 Å². The molecule has 0 spiro atoms. The fourth-order valence-corrected chi connectivity index (χ4v) is 2.42. The summed E-state index contributed by atoms with van der Waals surface area (Å²) < 4.78 is 5.64. The van der Waals surface area contributed by atoms with Gasteiger partial charge in [0.05, 0.1) is 15.1 Å². The topological polar surface area (TPSA) is 13.1 Å². The first-order valence-corrected chi connectivity index (χ1v) is 5.76. The molecule has 0 saturated heterocycles. The van der Waals surface area contributed by atoms with Gasteiger partial charge in [-0.2, -0.15) is 0 Å². The molecule has 80 valence electrons. The van der Waals surface area contributed by atoms with Crippen LogP contribution in [0.15, 0.2) is 34.7 Å². The Morgan fingerprint density at radius 2 is 1.69 bits per heavy atom. The summed E-state index contributed by atoms with van der Waals surface area (Å²) >= 11 is 18.2. The maximum Gasteiger partial charge on any atom is 0.154 e. The van der Waals surface area contributed by atoms with Gasteiger partial charge in [0.2, 0.25) is 0 Å². The van der Waals surface area contributed by atoms with E-state index >= 15 is 0 Å². The molecule has 1 aromatic heterocycles. The van der Waals surface area contributed by atoms with E-state index < -0.39 is 0 Å². The molecule has 0 unspecified atom stereocenters. The lowest BCUT2D eigenvalue weighted by atomic mass is 10.1. The predicted molar refractivity (Wildman–Crippen MR) is 68.8 cm³/mol. The maximum atomic E-state index is 6.16. The number of hydrogen-bond donors (Lipinski definition) is 0. The highest BCUT2D eigenvalue weighted by atomic mass is 35.5. The van der Waals surface area contributed by atoms with Gasteiger partial charge >= 0.3 is 0 Å². The van der Waals surface area contributed by atoms with Crippen LogP contribution in [0.2, 0.25) is 15.1 Å². The summed E-state index contributed by atoms with van der Waals surface area (Å²) in [5, 5.41) is 3.28. The third kappa shape index (κ3) is 1.32. The molecule has 3 aromatic rings. The van der Waals surface area contributed by atoms with Gasteiger partial charge in [-0.3, -0.25) is 0 Å². The average molecular weight is 272 g/mol. The Labute approximate surface area is 106 Å². The minimum atomic E-state index is 0.500. The third-order valence-corrected chi connectivity index (χ3v) is 3.61. The standard InChI is InChI=1S/C12H5Cl3O/c13-7-4-5-9-10(11(7)15)6-2-1-3-8(14)12(6)16-9/h1-5H. The average Bonchev–Trinajstić information content (AvgIpc) is 2.64. The molecule has 0 radical (unpaired) electrons. The molecule has 3 rings (SSSR count). The van der Waals surface area contributed by atoms with Crippen LogP contribution in [-0.2, 0) is 0 Å². The number of fused-ring (bicyclic) bond motifs is 3. The van der Waals surface area contributed by atoms with Crippen LogP contribution in [0, 0.1) is 0 Å². The summed E-state index contributed by atoms with van der Waals surface area (Å²) in [6.45, 7) is 0. The molecular weight excluding hydrogens is 266 g/mol. The van der Waals surface area contributed by atoms with Gasteiger partial charge in [0.25, 0.3) is 0 Å². The Kier molecular flexibility index (Phi) is 2.28. The van der Waals surface area contributed by atoms with E-state index in [4.69, 9.17) is 39.2 Å². The molecule has 0 aliphatic heterocycles. The molecule has 0 saturated carbocycles. The zero-order chi connectivity index (χ0) is 11.3. The molecule has 0 N–H and O–H groups in total. The van der Waals surface area contributed by atoms with Crippen LogP contribution < -0.4 is 0 Å². The van der Waals surface area contributed by atoms with Crippen molar-refractivity contribution in [3.8, 4) is 0 Å². The Bertz CT molecular complexity index is 700. The van der Waals surface area contributed by atoms with Crippen molar-refractivity contribution in [1.29, 1.82) is 0 Å². The van der Waals surface area contributed by atoms with Crippen molar-refractivity contribution in [2.75, 3.05) is 0 Å². The second-order valence-electron chi connectivity index (χ2n) is 3.45. The zero-order valence-electron chi connectivity index (χ0n) is 7.93. The van der Waals surface area contributed by atoms with Crippen LogP contribution >= 0.6 is 34.8 Å². The van der Waals surface area contributed by atoms with E-state index in [0.717, 1.165) is 10.8 Å². The van der Waals surface area contributed by atoms with E-state index in [1.54, 1.807) is 18.2 Å². The first kappa shape index (κ1) is 10.3. The van der Waals surface area contributed by atoms with Gasteiger partial charge in [-0.1, -0.05) is 46.9 Å². The molecule has 0 aliphatic rings. The number of halogens is 3. The molecule has 16 heavy (non-hydrogen) atoms. The summed E-state index contributed by atoms with van der Waals surface area (Å²) in [6, 6.07) is 9.05. The first-order chi connectivity index (χ1) is 7.68. The molecule has 0 amide bonds. The number of para-hydroxylation sites is 1. The molecule has 0 atom stereocenters. The highest BCUT2D eigenvalue weighted by molar-refractivity contribution is 6.47. The van der Waals surface area contributed by atoms with Crippen LogP contribution in [-0.4, -0.2) is 0 Å². The second-order valence-corrected chi connectivity index (χ2v) is 4.65. The van der Waals surface area contributed by atoms with E-state index in [1.165, 1.54) is 0 Å². The molecule has 1 nitrogen and oxygen atoms in total. The Hall–Kier alpha value is -0.890. The highest BCUT2D eigenvalue weighted by Gasteiger charge is 2.13. The van der Waals surface area contributed by atoms with Crippen molar-refractivity contribution in [3.63, 3.8) is 0 Å². The fraction of sp³-hybridized carbons (Fsp3) is 0. The summed E-state index contributed by atoms with van der Waals surface area (Å²) in [7, 11) is 0. The SMILES string of the molecule is Clc1ccc2oc3c(Cl)cccc3c2c1Cl. The van der Waals surface area contributed by atoms with Gasteiger partial charge in [0.15, 0.2) is 5.58 Å². The smallest absolute Gasteiger partial charge is 0.154 e. The van der Waals surface area contributed by atoms with E-state index in [9.17, 15) is 0 Å². The van der Waals surface area contributed by atoms with E-state index in [1.807, 2.05) is 12.1 Å². The monoisotopic (exact) mass is 270 g/mol. The van der Waals surface area contributed by atoms with Crippen LogP contribution in [0.4, 0.5) is 0 Å². The summed E-state index contributed by atoms with van der Waals surface area (Å²) in [5.41, 5.74) is 1.33. The van der Waals surface area contributed by atoms with E-state index in [-0.39, 0.29) is 0 Å².